The van der Waals surface area contributed by atoms with Crippen molar-refractivity contribution in [3.63, 3.8) is 0 Å². The zero-order valence-corrected chi connectivity index (χ0v) is 4.66. The van der Waals surface area contributed by atoms with Crippen LogP contribution in [0.1, 0.15) is 6.92 Å². The Hall–Kier alpha value is -0.570. The molecule has 0 aromatic rings. The average Bonchev–Trinajstić information content (AvgIpc) is 1.65. The SMILES string of the molecule is CC([CH]C(=O)O)CO. The fraction of sp³-hybridized carbons (Fsp3) is 0.600. The van der Waals surface area contributed by atoms with Gasteiger partial charge >= 0.3 is 5.97 Å². The lowest BCUT2D eigenvalue weighted by Gasteiger charge is -1.99. The van der Waals surface area contributed by atoms with E-state index in [0.29, 0.717) is 0 Å². The second-order valence-electron chi connectivity index (χ2n) is 1.66. The van der Waals surface area contributed by atoms with Crippen molar-refractivity contribution in [2.75, 3.05) is 6.61 Å². The van der Waals surface area contributed by atoms with E-state index >= 15 is 0 Å². The number of aliphatic carboxylic acids is 1. The van der Waals surface area contributed by atoms with Crippen molar-refractivity contribution in [2.45, 2.75) is 6.92 Å². The average molecular weight is 117 g/mol. The monoisotopic (exact) mass is 117 g/mol. The predicted molar refractivity (Wildman–Crippen MR) is 28.2 cm³/mol. The summed E-state index contributed by atoms with van der Waals surface area (Å²) in [5.74, 6) is -1.22. The van der Waals surface area contributed by atoms with E-state index < -0.39 is 5.97 Å². The summed E-state index contributed by atoms with van der Waals surface area (Å²) in [7, 11) is 0. The minimum Gasteiger partial charge on any atom is -0.481 e. The topological polar surface area (TPSA) is 57.5 Å². The van der Waals surface area contributed by atoms with Crippen LogP contribution in [0.25, 0.3) is 0 Å². The maximum atomic E-state index is 9.80. The molecule has 0 aliphatic carbocycles. The third-order valence-electron chi connectivity index (χ3n) is 0.715. The molecule has 0 heterocycles. The van der Waals surface area contributed by atoms with Gasteiger partial charge in [-0.2, -0.15) is 0 Å². The summed E-state index contributed by atoms with van der Waals surface area (Å²) in [6.07, 6.45) is 1.06. The van der Waals surface area contributed by atoms with E-state index in [-0.39, 0.29) is 12.5 Å². The molecule has 0 aromatic heterocycles. The number of aliphatic hydroxyl groups is 1. The lowest BCUT2D eigenvalue weighted by Crippen LogP contribution is -2.08. The van der Waals surface area contributed by atoms with Crippen molar-refractivity contribution in [1.82, 2.24) is 0 Å². The van der Waals surface area contributed by atoms with Crippen molar-refractivity contribution >= 4 is 5.97 Å². The third kappa shape index (κ3) is 3.61. The maximum Gasteiger partial charge on any atom is 0.307 e. The molecule has 0 amide bonds. The molecule has 0 rings (SSSR count). The second-order valence-corrected chi connectivity index (χ2v) is 1.66. The number of hydrogen-bond acceptors (Lipinski definition) is 2. The minimum absolute atomic E-state index is 0.105. The summed E-state index contributed by atoms with van der Waals surface area (Å²) in [6, 6.07) is 0. The Labute approximate surface area is 47.9 Å². The summed E-state index contributed by atoms with van der Waals surface area (Å²) in [5, 5.41) is 16.3. The molecule has 0 aromatic carbocycles. The van der Waals surface area contributed by atoms with Gasteiger partial charge in [0.05, 0.1) is 6.42 Å². The molecule has 1 radical (unpaired) electrons. The molecule has 47 valence electrons. The Bertz CT molecular complexity index is 79.7. The summed E-state index contributed by atoms with van der Waals surface area (Å²) < 4.78 is 0. The Kier molecular flexibility index (Phi) is 3.19. The van der Waals surface area contributed by atoms with E-state index in [1.807, 2.05) is 0 Å². The largest absolute Gasteiger partial charge is 0.481 e. The highest BCUT2D eigenvalue weighted by Crippen LogP contribution is 1.96. The molecule has 1 unspecified atom stereocenters. The number of carbonyl (C=O) groups is 1. The van der Waals surface area contributed by atoms with Crippen LogP contribution < -0.4 is 0 Å². The Morgan fingerprint density at radius 1 is 1.88 bits per heavy atom. The lowest BCUT2D eigenvalue weighted by molar-refractivity contribution is -0.133. The lowest BCUT2D eigenvalue weighted by atomic mass is 10.1. The molecule has 3 nitrogen and oxygen atoms in total. The second kappa shape index (κ2) is 3.43. The van der Waals surface area contributed by atoms with Gasteiger partial charge in [0.1, 0.15) is 0 Å². The number of carboxylic acid groups (broad SMARTS) is 1. The van der Waals surface area contributed by atoms with Crippen LogP contribution in [-0.2, 0) is 4.79 Å². The molecule has 0 bridgehead atoms. The van der Waals surface area contributed by atoms with Gasteiger partial charge in [0.15, 0.2) is 0 Å². The molecule has 0 fully saturated rings. The number of aliphatic hydroxyl groups excluding tert-OH is 1. The normalized spacial score (nSPS) is 13.2. The zero-order chi connectivity index (χ0) is 6.57. The molecule has 3 heteroatoms. The Morgan fingerprint density at radius 2 is 2.38 bits per heavy atom. The van der Waals surface area contributed by atoms with E-state index in [4.69, 9.17) is 10.2 Å². The van der Waals surface area contributed by atoms with Crippen molar-refractivity contribution in [3.8, 4) is 0 Å². The first kappa shape index (κ1) is 7.43. The Balaban J connectivity index is 3.24. The van der Waals surface area contributed by atoms with E-state index in [1.165, 1.54) is 0 Å². The highest BCUT2D eigenvalue weighted by molar-refractivity contribution is 5.76. The van der Waals surface area contributed by atoms with Crippen LogP contribution in [0, 0.1) is 12.3 Å². The summed E-state index contributed by atoms with van der Waals surface area (Å²) in [6.45, 7) is 1.53. The standard InChI is InChI=1S/C5H9O3/c1-4(3-6)2-5(7)8/h2,4,6H,3H2,1H3,(H,7,8). The molecular formula is C5H9O3. The van der Waals surface area contributed by atoms with E-state index in [9.17, 15) is 4.79 Å². The predicted octanol–water partition coefficient (Wildman–Crippen LogP) is -0.0963. The van der Waals surface area contributed by atoms with Gasteiger partial charge in [-0.1, -0.05) is 6.92 Å². The van der Waals surface area contributed by atoms with E-state index in [2.05, 4.69) is 0 Å². The van der Waals surface area contributed by atoms with Crippen molar-refractivity contribution in [1.29, 1.82) is 0 Å². The van der Waals surface area contributed by atoms with Crippen LogP contribution in [0.15, 0.2) is 0 Å². The number of hydrogen-bond donors (Lipinski definition) is 2. The van der Waals surface area contributed by atoms with Crippen molar-refractivity contribution < 1.29 is 15.0 Å². The molecular weight excluding hydrogens is 108 g/mol. The molecule has 0 spiro atoms. The first-order valence-corrected chi connectivity index (χ1v) is 2.35. The van der Waals surface area contributed by atoms with Gasteiger partial charge in [-0.3, -0.25) is 4.79 Å². The zero-order valence-electron chi connectivity index (χ0n) is 4.66. The number of rotatable bonds is 3. The fourth-order valence-electron chi connectivity index (χ4n) is 0.296. The Morgan fingerprint density at radius 3 is 2.50 bits per heavy atom. The summed E-state index contributed by atoms with van der Waals surface area (Å²) in [5.41, 5.74) is 0. The van der Waals surface area contributed by atoms with Gasteiger partial charge in [0.25, 0.3) is 0 Å². The fourth-order valence-corrected chi connectivity index (χ4v) is 0.296. The van der Waals surface area contributed by atoms with Crippen molar-refractivity contribution in [2.24, 2.45) is 5.92 Å². The molecule has 0 aliphatic rings. The van der Waals surface area contributed by atoms with Crippen LogP contribution in [0.4, 0.5) is 0 Å². The van der Waals surface area contributed by atoms with Crippen LogP contribution in [-0.4, -0.2) is 22.8 Å². The van der Waals surface area contributed by atoms with E-state index in [1.54, 1.807) is 6.92 Å². The number of carboxylic acids is 1. The molecule has 8 heavy (non-hydrogen) atoms. The van der Waals surface area contributed by atoms with E-state index in [0.717, 1.165) is 6.42 Å². The van der Waals surface area contributed by atoms with Crippen LogP contribution >= 0.6 is 0 Å². The van der Waals surface area contributed by atoms with Crippen molar-refractivity contribution in [3.05, 3.63) is 6.42 Å². The van der Waals surface area contributed by atoms with Gasteiger partial charge in [0.2, 0.25) is 0 Å². The first-order chi connectivity index (χ1) is 3.66. The maximum absolute atomic E-state index is 9.80. The van der Waals surface area contributed by atoms with Gasteiger partial charge in [-0.25, -0.2) is 0 Å². The van der Waals surface area contributed by atoms with Gasteiger partial charge < -0.3 is 10.2 Å². The molecule has 2 N–H and O–H groups in total. The molecule has 0 saturated heterocycles. The molecule has 1 atom stereocenters. The quantitative estimate of drug-likeness (QED) is 0.542. The van der Waals surface area contributed by atoms with Crippen LogP contribution in [0.3, 0.4) is 0 Å². The molecule has 0 saturated carbocycles. The molecule has 0 aliphatic heterocycles. The highest BCUT2D eigenvalue weighted by atomic mass is 16.4. The van der Waals surface area contributed by atoms with Crippen LogP contribution in [0.2, 0.25) is 0 Å². The highest BCUT2D eigenvalue weighted by Gasteiger charge is 2.04. The van der Waals surface area contributed by atoms with Gasteiger partial charge in [-0.05, 0) is 5.92 Å². The minimum atomic E-state index is -0.980. The van der Waals surface area contributed by atoms with Gasteiger partial charge in [-0.15, -0.1) is 0 Å². The van der Waals surface area contributed by atoms with Crippen LogP contribution in [0.5, 0.6) is 0 Å². The first-order valence-electron chi connectivity index (χ1n) is 2.35. The third-order valence-corrected chi connectivity index (χ3v) is 0.715. The van der Waals surface area contributed by atoms with Gasteiger partial charge in [0, 0.05) is 6.61 Å². The smallest absolute Gasteiger partial charge is 0.307 e. The summed E-state index contributed by atoms with van der Waals surface area (Å²) >= 11 is 0. The summed E-state index contributed by atoms with van der Waals surface area (Å²) in [4.78, 5) is 9.80.